The number of rotatable bonds is 4. The fourth-order valence-electron chi connectivity index (χ4n) is 1.07. The van der Waals surface area contributed by atoms with Crippen LogP contribution in [-0.4, -0.2) is 11.0 Å². The summed E-state index contributed by atoms with van der Waals surface area (Å²) in [5.41, 5.74) is -0.614. The van der Waals surface area contributed by atoms with Crippen molar-refractivity contribution < 1.29 is 14.1 Å². The molecule has 0 bridgehead atoms. The van der Waals surface area contributed by atoms with Gasteiger partial charge in [-0.3, -0.25) is 10.1 Å². The SMILES string of the molecule is CCC(C#N)Oc1ccc([N+](=O)[O-])c(F)c1. The maximum atomic E-state index is 13.2. The molecular weight excluding hydrogens is 215 g/mol. The smallest absolute Gasteiger partial charge is 0.305 e. The maximum Gasteiger partial charge on any atom is 0.305 e. The summed E-state index contributed by atoms with van der Waals surface area (Å²) in [6, 6.07) is 5.05. The lowest BCUT2D eigenvalue weighted by Crippen LogP contribution is -2.12. The summed E-state index contributed by atoms with van der Waals surface area (Å²) in [5, 5.41) is 19.0. The number of nitro groups is 1. The highest BCUT2D eigenvalue weighted by molar-refractivity contribution is 5.38. The van der Waals surface area contributed by atoms with Gasteiger partial charge in [-0.15, -0.1) is 0 Å². The summed E-state index contributed by atoms with van der Waals surface area (Å²) in [4.78, 5) is 9.52. The Hall–Kier alpha value is -2.16. The minimum Gasteiger partial charge on any atom is -0.475 e. The lowest BCUT2D eigenvalue weighted by atomic mass is 10.2. The van der Waals surface area contributed by atoms with Gasteiger partial charge in [0.15, 0.2) is 6.10 Å². The Balaban J connectivity index is 2.90. The van der Waals surface area contributed by atoms with E-state index in [0.717, 1.165) is 12.1 Å². The van der Waals surface area contributed by atoms with E-state index in [9.17, 15) is 14.5 Å². The minimum absolute atomic E-state index is 0.108. The second kappa shape index (κ2) is 5.07. The second-order valence-electron chi connectivity index (χ2n) is 3.01. The van der Waals surface area contributed by atoms with Gasteiger partial charge in [0.25, 0.3) is 0 Å². The summed E-state index contributed by atoms with van der Waals surface area (Å²) in [6.45, 7) is 1.75. The third-order valence-corrected chi connectivity index (χ3v) is 1.91. The lowest BCUT2D eigenvalue weighted by molar-refractivity contribution is -0.387. The fourth-order valence-corrected chi connectivity index (χ4v) is 1.07. The van der Waals surface area contributed by atoms with E-state index in [1.807, 2.05) is 6.07 Å². The normalized spacial score (nSPS) is 11.6. The molecule has 0 heterocycles. The molecule has 84 valence electrons. The van der Waals surface area contributed by atoms with Crippen LogP contribution >= 0.6 is 0 Å². The summed E-state index contributed by atoms with van der Waals surface area (Å²) in [7, 11) is 0. The van der Waals surface area contributed by atoms with Crippen molar-refractivity contribution in [2.45, 2.75) is 19.4 Å². The van der Waals surface area contributed by atoms with E-state index < -0.39 is 22.5 Å². The summed E-state index contributed by atoms with van der Waals surface area (Å²) < 4.78 is 18.3. The Labute approximate surface area is 91.2 Å². The van der Waals surface area contributed by atoms with E-state index in [4.69, 9.17) is 10.00 Å². The Kier molecular flexibility index (Phi) is 3.78. The van der Waals surface area contributed by atoms with E-state index in [-0.39, 0.29) is 5.75 Å². The molecule has 16 heavy (non-hydrogen) atoms. The van der Waals surface area contributed by atoms with Crippen LogP contribution in [0.25, 0.3) is 0 Å². The average molecular weight is 224 g/mol. The molecule has 0 saturated heterocycles. The van der Waals surface area contributed by atoms with Crippen molar-refractivity contribution in [2.75, 3.05) is 0 Å². The predicted octanol–water partition coefficient (Wildman–Crippen LogP) is 2.41. The van der Waals surface area contributed by atoms with Crippen LogP contribution in [-0.2, 0) is 0 Å². The van der Waals surface area contributed by atoms with Crippen molar-refractivity contribution in [1.29, 1.82) is 5.26 Å². The van der Waals surface area contributed by atoms with Crippen LogP contribution in [0.5, 0.6) is 5.75 Å². The number of nitrogens with zero attached hydrogens (tertiary/aromatic N) is 2. The number of nitriles is 1. The van der Waals surface area contributed by atoms with Crippen molar-refractivity contribution in [3.8, 4) is 11.8 Å². The van der Waals surface area contributed by atoms with Gasteiger partial charge < -0.3 is 4.74 Å². The molecular formula is C10H9FN2O3. The van der Waals surface area contributed by atoms with Gasteiger partial charge in [0.1, 0.15) is 11.8 Å². The van der Waals surface area contributed by atoms with Crippen LogP contribution in [0.2, 0.25) is 0 Å². The topological polar surface area (TPSA) is 76.2 Å². The highest BCUT2D eigenvalue weighted by atomic mass is 19.1. The molecule has 0 spiro atoms. The van der Waals surface area contributed by atoms with Gasteiger partial charge in [-0.2, -0.15) is 9.65 Å². The summed E-state index contributed by atoms with van der Waals surface area (Å²) in [5.74, 6) is -0.869. The number of halogens is 1. The van der Waals surface area contributed by atoms with Gasteiger partial charge in [0.05, 0.1) is 4.92 Å². The summed E-state index contributed by atoms with van der Waals surface area (Å²) in [6.07, 6.45) is -0.226. The monoisotopic (exact) mass is 224 g/mol. The van der Waals surface area contributed by atoms with Crippen molar-refractivity contribution in [3.63, 3.8) is 0 Å². The van der Waals surface area contributed by atoms with Gasteiger partial charge in [0, 0.05) is 12.1 Å². The van der Waals surface area contributed by atoms with Crippen LogP contribution in [0.4, 0.5) is 10.1 Å². The molecule has 5 nitrogen and oxygen atoms in total. The molecule has 1 rings (SSSR count). The zero-order valence-electron chi connectivity index (χ0n) is 8.51. The van der Waals surface area contributed by atoms with Gasteiger partial charge in [-0.1, -0.05) is 6.92 Å². The van der Waals surface area contributed by atoms with E-state index in [0.29, 0.717) is 6.42 Å². The van der Waals surface area contributed by atoms with Crippen LogP contribution in [0, 0.1) is 27.3 Å². The molecule has 0 fully saturated rings. The highest BCUT2D eigenvalue weighted by Gasteiger charge is 2.15. The first kappa shape index (κ1) is 11.9. The maximum absolute atomic E-state index is 13.2. The highest BCUT2D eigenvalue weighted by Crippen LogP contribution is 2.23. The molecule has 1 atom stereocenters. The lowest BCUT2D eigenvalue weighted by Gasteiger charge is -2.09. The van der Waals surface area contributed by atoms with Gasteiger partial charge in [-0.05, 0) is 12.5 Å². The standard InChI is InChI=1S/C10H9FN2O3/c1-2-7(6-12)16-8-3-4-10(13(14)15)9(11)5-8/h3-5,7H,2H2,1H3. The molecule has 1 unspecified atom stereocenters. The van der Waals surface area contributed by atoms with Crippen LogP contribution in [0.1, 0.15) is 13.3 Å². The van der Waals surface area contributed by atoms with Gasteiger partial charge in [-0.25, -0.2) is 0 Å². The molecule has 0 radical (unpaired) electrons. The Morgan fingerprint density at radius 1 is 1.69 bits per heavy atom. The first-order chi connectivity index (χ1) is 7.58. The molecule has 0 aliphatic rings. The molecule has 0 aliphatic heterocycles. The van der Waals surface area contributed by atoms with Crippen molar-refractivity contribution >= 4 is 5.69 Å². The molecule has 0 saturated carbocycles. The van der Waals surface area contributed by atoms with E-state index in [1.165, 1.54) is 6.07 Å². The molecule has 6 heteroatoms. The quantitative estimate of drug-likeness (QED) is 0.581. The zero-order valence-corrected chi connectivity index (χ0v) is 8.51. The second-order valence-corrected chi connectivity index (χ2v) is 3.01. The van der Waals surface area contributed by atoms with E-state index >= 15 is 0 Å². The number of ether oxygens (including phenoxy) is 1. The van der Waals surface area contributed by atoms with E-state index in [2.05, 4.69) is 0 Å². The predicted molar refractivity (Wildman–Crippen MR) is 53.4 cm³/mol. The Bertz CT molecular complexity index is 442. The zero-order chi connectivity index (χ0) is 12.1. The Morgan fingerprint density at radius 2 is 2.38 bits per heavy atom. The van der Waals surface area contributed by atoms with Crippen LogP contribution < -0.4 is 4.74 Å². The molecule has 0 aliphatic carbocycles. The number of hydrogen-bond acceptors (Lipinski definition) is 4. The van der Waals surface area contributed by atoms with Crippen molar-refractivity contribution in [3.05, 3.63) is 34.1 Å². The number of benzene rings is 1. The number of hydrogen-bond donors (Lipinski definition) is 0. The van der Waals surface area contributed by atoms with Crippen molar-refractivity contribution in [2.24, 2.45) is 0 Å². The van der Waals surface area contributed by atoms with Crippen molar-refractivity contribution in [1.82, 2.24) is 0 Å². The molecule has 1 aromatic carbocycles. The molecule has 0 N–H and O–H groups in total. The first-order valence-corrected chi connectivity index (χ1v) is 4.58. The van der Waals surface area contributed by atoms with Gasteiger partial charge >= 0.3 is 5.69 Å². The average Bonchev–Trinajstić information content (AvgIpc) is 2.25. The van der Waals surface area contributed by atoms with E-state index in [1.54, 1.807) is 6.92 Å². The van der Waals surface area contributed by atoms with Crippen LogP contribution in [0.3, 0.4) is 0 Å². The van der Waals surface area contributed by atoms with Crippen LogP contribution in [0.15, 0.2) is 18.2 Å². The largest absolute Gasteiger partial charge is 0.475 e. The minimum atomic E-state index is -0.977. The third kappa shape index (κ3) is 2.67. The molecule has 0 amide bonds. The number of nitro benzene ring substituents is 1. The molecule has 0 aromatic heterocycles. The fraction of sp³-hybridized carbons (Fsp3) is 0.300. The molecule has 1 aromatic rings. The Morgan fingerprint density at radius 3 is 2.81 bits per heavy atom. The first-order valence-electron chi connectivity index (χ1n) is 4.58. The summed E-state index contributed by atoms with van der Waals surface area (Å²) >= 11 is 0. The van der Waals surface area contributed by atoms with Gasteiger partial charge in [0.2, 0.25) is 5.82 Å². The third-order valence-electron chi connectivity index (χ3n) is 1.91.